The standard InChI is InChI=1S/C21H24FN3O4S/c1-15(21(27)17-7-9-18(10-8-17)23-16(2)26)24-11-13-25(14-12-24)30(28,29)20-6-4-3-5-19(20)22/h3-10,15H,11-14H2,1-2H3,(H,23,26)/t15-/m0/s1. The molecular weight excluding hydrogens is 409 g/mol. The van der Waals surface area contributed by atoms with Crippen molar-refractivity contribution in [3.05, 3.63) is 59.9 Å². The molecule has 1 amide bonds. The van der Waals surface area contributed by atoms with Crippen LogP contribution < -0.4 is 5.32 Å². The Morgan fingerprint density at radius 3 is 2.17 bits per heavy atom. The number of piperazine rings is 1. The Balaban J connectivity index is 1.63. The SMILES string of the molecule is CC(=O)Nc1ccc(C(=O)[C@H](C)N2CCN(S(=O)(=O)c3ccccc3F)CC2)cc1. The lowest BCUT2D eigenvalue weighted by Crippen LogP contribution is -2.53. The summed E-state index contributed by atoms with van der Waals surface area (Å²) < 4.78 is 40.6. The van der Waals surface area contributed by atoms with E-state index in [1.54, 1.807) is 31.2 Å². The molecule has 0 spiro atoms. The molecule has 160 valence electrons. The molecule has 30 heavy (non-hydrogen) atoms. The van der Waals surface area contributed by atoms with Gasteiger partial charge >= 0.3 is 0 Å². The molecule has 0 radical (unpaired) electrons. The number of Topliss-reactive ketones (excluding diaryl/α,β-unsaturated/α-hetero) is 1. The normalized spacial score (nSPS) is 16.8. The number of hydrogen-bond acceptors (Lipinski definition) is 5. The number of ketones is 1. The molecule has 2 aromatic rings. The van der Waals surface area contributed by atoms with Crippen LogP contribution in [0.15, 0.2) is 53.4 Å². The molecule has 2 aromatic carbocycles. The summed E-state index contributed by atoms with van der Waals surface area (Å²) in [7, 11) is -3.92. The zero-order chi connectivity index (χ0) is 21.9. The molecule has 1 aliphatic rings. The van der Waals surface area contributed by atoms with Crippen LogP contribution in [0.1, 0.15) is 24.2 Å². The van der Waals surface area contributed by atoms with Crippen LogP contribution >= 0.6 is 0 Å². The maximum absolute atomic E-state index is 14.0. The topological polar surface area (TPSA) is 86.8 Å². The quantitative estimate of drug-likeness (QED) is 0.707. The number of hydrogen-bond donors (Lipinski definition) is 1. The van der Waals surface area contributed by atoms with Gasteiger partial charge in [0.05, 0.1) is 6.04 Å². The van der Waals surface area contributed by atoms with Crippen molar-refractivity contribution in [3.63, 3.8) is 0 Å². The predicted molar refractivity (Wildman–Crippen MR) is 111 cm³/mol. The average Bonchev–Trinajstić information content (AvgIpc) is 2.73. The van der Waals surface area contributed by atoms with Gasteiger partial charge in [-0.3, -0.25) is 14.5 Å². The van der Waals surface area contributed by atoms with E-state index in [4.69, 9.17) is 0 Å². The summed E-state index contributed by atoms with van der Waals surface area (Å²) in [5.74, 6) is -1.05. The summed E-state index contributed by atoms with van der Waals surface area (Å²) in [6, 6.07) is 11.5. The van der Waals surface area contributed by atoms with Crippen LogP contribution in [0.4, 0.5) is 10.1 Å². The minimum atomic E-state index is -3.92. The maximum atomic E-state index is 14.0. The largest absolute Gasteiger partial charge is 0.326 e. The fourth-order valence-corrected chi connectivity index (χ4v) is 4.94. The fraction of sp³-hybridized carbons (Fsp3) is 0.333. The number of rotatable bonds is 6. The molecule has 1 saturated heterocycles. The Labute approximate surface area is 175 Å². The highest BCUT2D eigenvalue weighted by Crippen LogP contribution is 2.22. The zero-order valence-electron chi connectivity index (χ0n) is 16.8. The number of nitrogens with zero attached hydrogens (tertiary/aromatic N) is 2. The molecule has 1 atom stereocenters. The van der Waals surface area contributed by atoms with E-state index in [0.29, 0.717) is 24.3 Å². The first kappa shape index (κ1) is 22.1. The summed E-state index contributed by atoms with van der Waals surface area (Å²) in [4.78, 5) is 25.5. The summed E-state index contributed by atoms with van der Waals surface area (Å²) >= 11 is 0. The van der Waals surface area contributed by atoms with Crippen molar-refractivity contribution in [2.75, 3.05) is 31.5 Å². The number of nitrogens with one attached hydrogen (secondary N) is 1. The number of amides is 1. The third-order valence-corrected chi connectivity index (χ3v) is 7.08. The second-order valence-corrected chi connectivity index (χ2v) is 9.08. The molecule has 0 bridgehead atoms. The highest BCUT2D eigenvalue weighted by Gasteiger charge is 2.33. The lowest BCUT2D eigenvalue weighted by atomic mass is 10.0. The second kappa shape index (κ2) is 9.03. The predicted octanol–water partition coefficient (Wildman–Crippen LogP) is 2.36. The van der Waals surface area contributed by atoms with E-state index in [2.05, 4.69) is 5.32 Å². The van der Waals surface area contributed by atoms with E-state index in [1.165, 1.54) is 29.4 Å². The number of benzene rings is 2. The number of carbonyl (C=O) groups excluding carboxylic acids is 2. The lowest BCUT2D eigenvalue weighted by Gasteiger charge is -2.36. The molecule has 1 N–H and O–H groups in total. The van der Waals surface area contributed by atoms with Crippen LogP contribution in [-0.4, -0.2) is 61.5 Å². The Bertz CT molecular complexity index is 1030. The molecule has 0 aliphatic carbocycles. The summed E-state index contributed by atoms with van der Waals surface area (Å²) in [5, 5.41) is 2.65. The van der Waals surface area contributed by atoms with Crippen LogP contribution in [0.3, 0.4) is 0 Å². The average molecular weight is 434 g/mol. The minimum absolute atomic E-state index is 0.0882. The van der Waals surface area contributed by atoms with Crippen molar-refractivity contribution in [1.29, 1.82) is 0 Å². The van der Waals surface area contributed by atoms with Gasteiger partial charge in [0.1, 0.15) is 10.7 Å². The highest BCUT2D eigenvalue weighted by molar-refractivity contribution is 7.89. The van der Waals surface area contributed by atoms with Crippen LogP contribution in [0.2, 0.25) is 0 Å². The number of halogens is 1. The van der Waals surface area contributed by atoms with Gasteiger partial charge in [0.2, 0.25) is 15.9 Å². The van der Waals surface area contributed by atoms with Gasteiger partial charge in [0, 0.05) is 44.4 Å². The first-order valence-electron chi connectivity index (χ1n) is 9.61. The monoisotopic (exact) mass is 433 g/mol. The Morgan fingerprint density at radius 1 is 1.00 bits per heavy atom. The van der Waals surface area contributed by atoms with E-state index in [1.807, 2.05) is 4.90 Å². The molecule has 1 fully saturated rings. The molecular formula is C21H24FN3O4S. The fourth-order valence-electron chi connectivity index (χ4n) is 3.45. The first-order valence-corrected chi connectivity index (χ1v) is 11.0. The maximum Gasteiger partial charge on any atom is 0.246 e. The van der Waals surface area contributed by atoms with Gasteiger partial charge in [-0.05, 0) is 43.3 Å². The molecule has 0 saturated carbocycles. The van der Waals surface area contributed by atoms with Crippen LogP contribution in [-0.2, 0) is 14.8 Å². The zero-order valence-corrected chi connectivity index (χ0v) is 17.7. The van der Waals surface area contributed by atoms with E-state index < -0.39 is 21.9 Å². The van der Waals surface area contributed by atoms with Crippen molar-refractivity contribution in [2.45, 2.75) is 24.8 Å². The lowest BCUT2D eigenvalue weighted by molar-refractivity contribution is -0.114. The van der Waals surface area contributed by atoms with Gasteiger partial charge in [-0.15, -0.1) is 0 Å². The van der Waals surface area contributed by atoms with Gasteiger partial charge in [0.15, 0.2) is 5.78 Å². The van der Waals surface area contributed by atoms with E-state index in [-0.39, 0.29) is 29.7 Å². The van der Waals surface area contributed by atoms with Crippen molar-refractivity contribution < 1.29 is 22.4 Å². The molecule has 9 heteroatoms. The molecule has 3 rings (SSSR count). The van der Waals surface area contributed by atoms with Crippen molar-refractivity contribution >= 4 is 27.4 Å². The van der Waals surface area contributed by atoms with Crippen LogP contribution in [0, 0.1) is 5.82 Å². The van der Waals surface area contributed by atoms with Gasteiger partial charge in [-0.25, -0.2) is 12.8 Å². The Hall–Kier alpha value is -2.62. The number of carbonyl (C=O) groups is 2. The van der Waals surface area contributed by atoms with Crippen molar-refractivity contribution in [3.8, 4) is 0 Å². The minimum Gasteiger partial charge on any atom is -0.326 e. The van der Waals surface area contributed by atoms with Crippen LogP contribution in [0.5, 0.6) is 0 Å². The number of sulfonamides is 1. The Kier molecular flexibility index (Phi) is 6.64. The van der Waals surface area contributed by atoms with Crippen molar-refractivity contribution in [1.82, 2.24) is 9.21 Å². The molecule has 0 unspecified atom stereocenters. The van der Waals surface area contributed by atoms with E-state index in [0.717, 1.165) is 6.07 Å². The van der Waals surface area contributed by atoms with E-state index in [9.17, 15) is 22.4 Å². The molecule has 1 heterocycles. The van der Waals surface area contributed by atoms with Gasteiger partial charge in [-0.2, -0.15) is 4.31 Å². The second-order valence-electron chi connectivity index (χ2n) is 7.17. The third kappa shape index (κ3) is 4.75. The summed E-state index contributed by atoms with van der Waals surface area (Å²) in [6.07, 6.45) is 0. The van der Waals surface area contributed by atoms with Gasteiger partial charge < -0.3 is 5.32 Å². The highest BCUT2D eigenvalue weighted by atomic mass is 32.2. The third-order valence-electron chi connectivity index (χ3n) is 5.14. The molecule has 7 nitrogen and oxygen atoms in total. The van der Waals surface area contributed by atoms with Crippen LogP contribution in [0.25, 0.3) is 0 Å². The molecule has 1 aliphatic heterocycles. The number of anilines is 1. The van der Waals surface area contributed by atoms with Gasteiger partial charge in [0.25, 0.3) is 0 Å². The Morgan fingerprint density at radius 2 is 1.60 bits per heavy atom. The molecule has 0 aromatic heterocycles. The van der Waals surface area contributed by atoms with Gasteiger partial charge in [-0.1, -0.05) is 12.1 Å². The summed E-state index contributed by atoms with van der Waals surface area (Å²) in [5.41, 5.74) is 1.12. The smallest absolute Gasteiger partial charge is 0.246 e. The van der Waals surface area contributed by atoms with Crippen molar-refractivity contribution in [2.24, 2.45) is 0 Å². The first-order chi connectivity index (χ1) is 14.2. The summed E-state index contributed by atoms with van der Waals surface area (Å²) in [6.45, 7) is 4.28. The van der Waals surface area contributed by atoms with E-state index >= 15 is 0 Å².